The van der Waals surface area contributed by atoms with Gasteiger partial charge in [-0.1, -0.05) is 82.3 Å². The summed E-state index contributed by atoms with van der Waals surface area (Å²) in [6.07, 6.45) is 0.751. The molecule has 2 aromatic carbocycles. The van der Waals surface area contributed by atoms with Gasteiger partial charge in [-0.05, 0) is 41.9 Å². The number of benzene rings is 2. The van der Waals surface area contributed by atoms with Crippen LogP contribution in [0.25, 0.3) is 0 Å². The number of carbonyl (C=O) groups excluding carboxylic acids is 4. The zero-order chi connectivity index (χ0) is 30.8. The topological polar surface area (TPSA) is 111 Å². The Balaban J connectivity index is 1.89. The molecule has 3 N–H and O–H groups in total. The third kappa shape index (κ3) is 9.69. The van der Waals surface area contributed by atoms with Crippen molar-refractivity contribution in [1.29, 1.82) is 0 Å². The SMILES string of the molecule is CC(C)C[C@@H]1NC(=O)CN(Cc2ccc(C(C)C)cc2)CCNC(=O)[C@H](Cc2ccccc2)NC(=O)[C@H](C)N(C)C1=O. The first-order valence-corrected chi connectivity index (χ1v) is 14.9. The van der Waals surface area contributed by atoms with Crippen LogP contribution in [0.4, 0.5) is 0 Å². The van der Waals surface area contributed by atoms with Crippen LogP contribution in [-0.2, 0) is 32.1 Å². The van der Waals surface area contributed by atoms with Crippen LogP contribution in [0.2, 0.25) is 0 Å². The van der Waals surface area contributed by atoms with Crippen molar-refractivity contribution in [3.8, 4) is 0 Å². The molecule has 3 rings (SSSR count). The van der Waals surface area contributed by atoms with Crippen molar-refractivity contribution >= 4 is 23.6 Å². The summed E-state index contributed by atoms with van der Waals surface area (Å²) in [7, 11) is 1.56. The van der Waals surface area contributed by atoms with Crippen LogP contribution >= 0.6 is 0 Å². The fraction of sp³-hybridized carbons (Fsp3) is 0.515. The Morgan fingerprint density at radius 1 is 0.833 bits per heavy atom. The summed E-state index contributed by atoms with van der Waals surface area (Å²) in [6, 6.07) is 15.4. The summed E-state index contributed by atoms with van der Waals surface area (Å²) in [5.74, 6) is -0.800. The Morgan fingerprint density at radius 3 is 2.12 bits per heavy atom. The highest BCUT2D eigenvalue weighted by molar-refractivity contribution is 5.94. The van der Waals surface area contributed by atoms with E-state index in [4.69, 9.17) is 0 Å². The molecule has 1 aliphatic heterocycles. The van der Waals surface area contributed by atoms with E-state index < -0.39 is 24.0 Å². The highest BCUT2D eigenvalue weighted by atomic mass is 16.2. The Labute approximate surface area is 250 Å². The highest BCUT2D eigenvalue weighted by Gasteiger charge is 2.32. The van der Waals surface area contributed by atoms with E-state index in [1.54, 1.807) is 14.0 Å². The average Bonchev–Trinajstić information content (AvgIpc) is 2.95. The van der Waals surface area contributed by atoms with E-state index in [1.165, 1.54) is 10.5 Å². The largest absolute Gasteiger partial charge is 0.353 e. The van der Waals surface area contributed by atoms with Crippen molar-refractivity contribution in [2.45, 2.75) is 78.0 Å². The first-order valence-electron chi connectivity index (χ1n) is 14.9. The van der Waals surface area contributed by atoms with Gasteiger partial charge < -0.3 is 20.9 Å². The first-order chi connectivity index (χ1) is 19.9. The van der Waals surface area contributed by atoms with E-state index in [9.17, 15) is 19.2 Å². The lowest BCUT2D eigenvalue weighted by Gasteiger charge is -2.30. The van der Waals surface area contributed by atoms with Crippen LogP contribution in [0.3, 0.4) is 0 Å². The molecule has 1 heterocycles. The van der Waals surface area contributed by atoms with Gasteiger partial charge in [-0.25, -0.2) is 0 Å². The summed E-state index contributed by atoms with van der Waals surface area (Å²) >= 11 is 0. The Morgan fingerprint density at radius 2 is 1.50 bits per heavy atom. The van der Waals surface area contributed by atoms with Gasteiger partial charge in [0, 0.05) is 33.1 Å². The lowest BCUT2D eigenvalue weighted by Crippen LogP contribution is -2.56. The maximum Gasteiger partial charge on any atom is 0.245 e. The summed E-state index contributed by atoms with van der Waals surface area (Å²) in [5.41, 5.74) is 3.20. The molecule has 2 aromatic rings. The van der Waals surface area contributed by atoms with Gasteiger partial charge in [-0.3, -0.25) is 24.1 Å². The van der Waals surface area contributed by atoms with E-state index in [1.807, 2.05) is 49.1 Å². The van der Waals surface area contributed by atoms with Gasteiger partial charge in [-0.15, -0.1) is 0 Å². The number of nitrogens with one attached hydrogen (secondary N) is 3. The van der Waals surface area contributed by atoms with Gasteiger partial charge >= 0.3 is 0 Å². The van der Waals surface area contributed by atoms with Gasteiger partial charge in [-0.2, -0.15) is 0 Å². The lowest BCUT2D eigenvalue weighted by atomic mass is 10.0. The predicted octanol–water partition coefficient (Wildman–Crippen LogP) is 2.85. The normalized spacial score (nSPS) is 21.9. The second-order valence-electron chi connectivity index (χ2n) is 12.0. The van der Waals surface area contributed by atoms with Crippen molar-refractivity contribution in [3.05, 3.63) is 71.3 Å². The van der Waals surface area contributed by atoms with Crippen LogP contribution < -0.4 is 16.0 Å². The zero-order valence-electron chi connectivity index (χ0n) is 25.9. The number of nitrogens with zero attached hydrogens (tertiary/aromatic N) is 2. The number of hydrogen-bond donors (Lipinski definition) is 3. The fourth-order valence-electron chi connectivity index (χ4n) is 5.04. The van der Waals surface area contributed by atoms with Crippen LogP contribution in [0.5, 0.6) is 0 Å². The van der Waals surface area contributed by atoms with Gasteiger partial charge in [0.05, 0.1) is 6.54 Å². The lowest BCUT2D eigenvalue weighted by molar-refractivity contribution is -0.142. The molecule has 3 atom stereocenters. The van der Waals surface area contributed by atoms with E-state index >= 15 is 0 Å². The molecule has 9 heteroatoms. The molecule has 0 saturated carbocycles. The van der Waals surface area contributed by atoms with Crippen molar-refractivity contribution in [1.82, 2.24) is 25.8 Å². The van der Waals surface area contributed by atoms with Crippen molar-refractivity contribution < 1.29 is 19.2 Å². The molecule has 0 aromatic heterocycles. The predicted molar refractivity (Wildman–Crippen MR) is 165 cm³/mol. The third-order valence-corrected chi connectivity index (χ3v) is 7.71. The number of amides is 4. The molecule has 1 fully saturated rings. The molecular weight excluding hydrogens is 530 g/mol. The maximum absolute atomic E-state index is 13.6. The van der Waals surface area contributed by atoms with Crippen LogP contribution in [0.15, 0.2) is 54.6 Å². The molecule has 228 valence electrons. The van der Waals surface area contributed by atoms with Crippen molar-refractivity contribution in [2.24, 2.45) is 5.92 Å². The van der Waals surface area contributed by atoms with Gasteiger partial charge in [0.15, 0.2) is 0 Å². The minimum atomic E-state index is -0.842. The molecule has 9 nitrogen and oxygen atoms in total. The number of likely N-dealkylation sites (N-methyl/N-ethyl adjacent to an activating group) is 1. The monoisotopic (exact) mass is 577 g/mol. The van der Waals surface area contributed by atoms with E-state index in [2.05, 4.69) is 54.1 Å². The van der Waals surface area contributed by atoms with E-state index in [0.29, 0.717) is 38.4 Å². The summed E-state index contributed by atoms with van der Waals surface area (Å²) in [6.45, 7) is 11.2. The smallest absolute Gasteiger partial charge is 0.245 e. The second-order valence-corrected chi connectivity index (χ2v) is 12.0. The fourth-order valence-corrected chi connectivity index (χ4v) is 5.04. The molecule has 0 unspecified atom stereocenters. The Bertz CT molecular complexity index is 1200. The third-order valence-electron chi connectivity index (χ3n) is 7.71. The average molecular weight is 578 g/mol. The number of carbonyl (C=O) groups is 4. The molecule has 0 spiro atoms. The molecule has 1 saturated heterocycles. The van der Waals surface area contributed by atoms with Crippen LogP contribution in [0, 0.1) is 5.92 Å². The summed E-state index contributed by atoms with van der Waals surface area (Å²) in [4.78, 5) is 56.8. The maximum atomic E-state index is 13.6. The summed E-state index contributed by atoms with van der Waals surface area (Å²) in [5, 5.41) is 8.76. The molecule has 0 radical (unpaired) electrons. The first kappa shape index (κ1) is 32.8. The van der Waals surface area contributed by atoms with Gasteiger partial charge in [0.1, 0.15) is 18.1 Å². The molecular formula is C33H47N5O4. The van der Waals surface area contributed by atoms with Crippen molar-refractivity contribution in [3.63, 3.8) is 0 Å². The quantitative estimate of drug-likeness (QED) is 0.469. The summed E-state index contributed by atoms with van der Waals surface area (Å²) < 4.78 is 0. The number of rotatable bonds is 7. The minimum Gasteiger partial charge on any atom is -0.353 e. The molecule has 0 bridgehead atoms. The Hall–Kier alpha value is -3.72. The van der Waals surface area contributed by atoms with Crippen LogP contribution in [-0.4, -0.2) is 78.2 Å². The second kappa shape index (κ2) is 15.5. The molecule has 4 amide bonds. The molecule has 0 aliphatic carbocycles. The minimum absolute atomic E-state index is 0.0631. The number of hydrogen-bond acceptors (Lipinski definition) is 5. The molecule has 42 heavy (non-hydrogen) atoms. The van der Waals surface area contributed by atoms with Gasteiger partial charge in [0.2, 0.25) is 23.6 Å². The Kier molecular flexibility index (Phi) is 12.1. The van der Waals surface area contributed by atoms with Gasteiger partial charge in [0.25, 0.3) is 0 Å². The zero-order valence-corrected chi connectivity index (χ0v) is 25.9. The highest BCUT2D eigenvalue weighted by Crippen LogP contribution is 2.16. The molecule has 1 aliphatic rings. The van der Waals surface area contributed by atoms with Crippen LogP contribution in [0.1, 0.15) is 63.6 Å². The standard InChI is InChI=1S/C33H47N5O4/c1-22(2)18-29-33(42)37(6)24(5)31(40)36-28(19-25-10-8-7-9-11-25)32(41)34-16-17-38(21-30(39)35-29)20-26-12-14-27(15-13-26)23(3)4/h7-15,22-24,28-29H,16-21H2,1-6H3,(H,34,41)(H,35,39)(H,36,40)/t24-,28-,29-/m0/s1. The van der Waals surface area contributed by atoms with E-state index in [0.717, 1.165) is 11.1 Å². The van der Waals surface area contributed by atoms with E-state index in [-0.39, 0.29) is 30.2 Å². The van der Waals surface area contributed by atoms with Crippen molar-refractivity contribution in [2.75, 3.05) is 26.7 Å².